The van der Waals surface area contributed by atoms with Crippen LogP contribution in [0.4, 0.5) is 5.69 Å². The van der Waals surface area contributed by atoms with Gasteiger partial charge in [-0.05, 0) is 17.7 Å². The molecule has 0 fully saturated rings. The molecular weight excluding hydrogens is 232 g/mol. The minimum absolute atomic E-state index is 0.0680. The maximum atomic E-state index is 11.6. The van der Waals surface area contributed by atoms with E-state index >= 15 is 0 Å². The number of methoxy groups -OCH3 is 1. The lowest BCUT2D eigenvalue weighted by molar-refractivity contribution is -0.117. The Balaban J connectivity index is 2.26. The third-order valence-corrected chi connectivity index (χ3v) is 2.35. The molecule has 18 heavy (non-hydrogen) atoms. The molecule has 0 spiro atoms. The molecule has 1 aromatic rings. The SMILES string of the molecule is COCCOCCC(=O)Nc1cccc(CN)c1. The Morgan fingerprint density at radius 2 is 2.17 bits per heavy atom. The molecule has 0 radical (unpaired) electrons. The summed E-state index contributed by atoms with van der Waals surface area (Å²) in [6, 6.07) is 7.49. The van der Waals surface area contributed by atoms with Crippen LogP contribution in [0.1, 0.15) is 12.0 Å². The van der Waals surface area contributed by atoms with Crippen LogP contribution in [0.5, 0.6) is 0 Å². The number of benzene rings is 1. The van der Waals surface area contributed by atoms with Crippen molar-refractivity contribution in [3.05, 3.63) is 29.8 Å². The number of anilines is 1. The number of carbonyl (C=O) groups is 1. The quantitative estimate of drug-likeness (QED) is 0.680. The molecule has 100 valence electrons. The molecule has 3 N–H and O–H groups in total. The van der Waals surface area contributed by atoms with E-state index in [4.69, 9.17) is 15.2 Å². The molecule has 0 saturated heterocycles. The van der Waals surface area contributed by atoms with E-state index in [0.717, 1.165) is 11.3 Å². The summed E-state index contributed by atoms with van der Waals surface area (Å²) in [5.41, 5.74) is 7.29. The number of carbonyl (C=O) groups excluding carboxylic acids is 1. The summed E-state index contributed by atoms with van der Waals surface area (Å²) in [7, 11) is 1.61. The van der Waals surface area contributed by atoms with Crippen LogP contribution in [0.25, 0.3) is 0 Å². The number of hydrogen-bond donors (Lipinski definition) is 2. The van der Waals surface area contributed by atoms with Crippen molar-refractivity contribution in [2.24, 2.45) is 5.73 Å². The average Bonchev–Trinajstić information content (AvgIpc) is 2.38. The first-order valence-corrected chi connectivity index (χ1v) is 5.92. The lowest BCUT2D eigenvalue weighted by Gasteiger charge is -2.07. The smallest absolute Gasteiger partial charge is 0.226 e. The van der Waals surface area contributed by atoms with Crippen molar-refractivity contribution in [1.29, 1.82) is 0 Å². The highest BCUT2D eigenvalue weighted by molar-refractivity contribution is 5.90. The first-order valence-electron chi connectivity index (χ1n) is 5.92. The molecule has 1 rings (SSSR count). The molecule has 1 amide bonds. The Kier molecular flexibility index (Phi) is 7.01. The first kappa shape index (κ1) is 14.6. The van der Waals surface area contributed by atoms with E-state index in [-0.39, 0.29) is 5.91 Å². The van der Waals surface area contributed by atoms with Gasteiger partial charge in [-0.1, -0.05) is 12.1 Å². The van der Waals surface area contributed by atoms with Crippen LogP contribution in [0.3, 0.4) is 0 Å². The molecule has 0 unspecified atom stereocenters. The van der Waals surface area contributed by atoms with Crippen LogP contribution < -0.4 is 11.1 Å². The van der Waals surface area contributed by atoms with Gasteiger partial charge >= 0.3 is 0 Å². The minimum Gasteiger partial charge on any atom is -0.382 e. The van der Waals surface area contributed by atoms with E-state index in [2.05, 4.69) is 5.32 Å². The number of nitrogens with two attached hydrogens (primary N) is 1. The third kappa shape index (κ3) is 5.77. The van der Waals surface area contributed by atoms with Crippen molar-refractivity contribution in [3.8, 4) is 0 Å². The largest absolute Gasteiger partial charge is 0.382 e. The summed E-state index contributed by atoms with van der Waals surface area (Å²) in [6.45, 7) is 1.90. The lowest BCUT2D eigenvalue weighted by Crippen LogP contribution is -2.15. The van der Waals surface area contributed by atoms with E-state index in [1.54, 1.807) is 7.11 Å². The number of nitrogens with one attached hydrogen (secondary N) is 1. The van der Waals surface area contributed by atoms with Crippen molar-refractivity contribution in [2.75, 3.05) is 32.2 Å². The third-order valence-electron chi connectivity index (χ3n) is 2.35. The monoisotopic (exact) mass is 252 g/mol. The van der Waals surface area contributed by atoms with Crippen molar-refractivity contribution in [3.63, 3.8) is 0 Å². The molecule has 0 aliphatic heterocycles. The maximum absolute atomic E-state index is 11.6. The highest BCUT2D eigenvalue weighted by atomic mass is 16.5. The Morgan fingerprint density at radius 1 is 1.33 bits per heavy atom. The summed E-state index contributed by atoms with van der Waals surface area (Å²) < 4.78 is 10.1. The van der Waals surface area contributed by atoms with Gasteiger partial charge in [-0.15, -0.1) is 0 Å². The number of rotatable bonds is 8. The average molecular weight is 252 g/mol. The normalized spacial score (nSPS) is 10.3. The van der Waals surface area contributed by atoms with Crippen LogP contribution in [0, 0.1) is 0 Å². The van der Waals surface area contributed by atoms with Gasteiger partial charge in [0.2, 0.25) is 5.91 Å². The lowest BCUT2D eigenvalue weighted by atomic mass is 10.2. The first-order chi connectivity index (χ1) is 8.76. The van der Waals surface area contributed by atoms with Crippen molar-refractivity contribution in [2.45, 2.75) is 13.0 Å². The zero-order valence-corrected chi connectivity index (χ0v) is 10.6. The molecule has 5 nitrogen and oxygen atoms in total. The van der Waals surface area contributed by atoms with Crippen LogP contribution in [0.2, 0.25) is 0 Å². The molecule has 5 heteroatoms. The maximum Gasteiger partial charge on any atom is 0.226 e. The number of amides is 1. The Labute approximate surface area is 107 Å². The predicted octanol–water partition coefficient (Wildman–Crippen LogP) is 1.14. The molecule has 0 atom stereocenters. The summed E-state index contributed by atoms with van der Waals surface area (Å²) in [5, 5.41) is 2.80. The van der Waals surface area contributed by atoms with E-state index in [1.807, 2.05) is 24.3 Å². The fraction of sp³-hybridized carbons (Fsp3) is 0.462. The van der Waals surface area contributed by atoms with E-state index in [1.165, 1.54) is 0 Å². The second kappa shape index (κ2) is 8.63. The highest BCUT2D eigenvalue weighted by Crippen LogP contribution is 2.10. The molecule has 0 bridgehead atoms. The van der Waals surface area contributed by atoms with Crippen LogP contribution in [-0.4, -0.2) is 32.8 Å². The number of ether oxygens (including phenoxy) is 2. The topological polar surface area (TPSA) is 73.6 Å². The van der Waals surface area contributed by atoms with Crippen LogP contribution in [-0.2, 0) is 20.8 Å². The van der Waals surface area contributed by atoms with E-state index < -0.39 is 0 Å². The Bertz CT molecular complexity index is 369. The molecule has 0 heterocycles. The fourth-order valence-corrected chi connectivity index (χ4v) is 1.41. The van der Waals surface area contributed by atoms with Gasteiger partial charge in [0.15, 0.2) is 0 Å². The van der Waals surface area contributed by atoms with Crippen LogP contribution in [0.15, 0.2) is 24.3 Å². The van der Waals surface area contributed by atoms with Gasteiger partial charge in [-0.25, -0.2) is 0 Å². The molecular formula is C13H20N2O3. The van der Waals surface area contributed by atoms with Gasteiger partial charge in [0.05, 0.1) is 26.2 Å². The van der Waals surface area contributed by atoms with Crippen molar-refractivity contribution in [1.82, 2.24) is 0 Å². The zero-order valence-electron chi connectivity index (χ0n) is 10.6. The molecule has 1 aromatic carbocycles. The fourth-order valence-electron chi connectivity index (χ4n) is 1.41. The molecule has 0 aliphatic rings. The summed E-state index contributed by atoms with van der Waals surface area (Å²) in [6.07, 6.45) is 0.330. The number of hydrogen-bond acceptors (Lipinski definition) is 4. The standard InChI is InChI=1S/C13H20N2O3/c1-17-7-8-18-6-5-13(16)15-12-4-2-3-11(9-12)10-14/h2-4,9H,5-8,10,14H2,1H3,(H,15,16). The second-order valence-electron chi connectivity index (χ2n) is 3.81. The van der Waals surface area contributed by atoms with E-state index in [0.29, 0.717) is 32.8 Å². The van der Waals surface area contributed by atoms with Crippen molar-refractivity contribution < 1.29 is 14.3 Å². The van der Waals surface area contributed by atoms with Gasteiger partial charge in [0.1, 0.15) is 0 Å². The van der Waals surface area contributed by atoms with E-state index in [9.17, 15) is 4.79 Å². The van der Waals surface area contributed by atoms with Crippen LogP contribution >= 0.6 is 0 Å². The van der Waals surface area contributed by atoms with Gasteiger partial charge in [0.25, 0.3) is 0 Å². The van der Waals surface area contributed by atoms with Gasteiger partial charge < -0.3 is 20.5 Å². The molecule has 0 aromatic heterocycles. The minimum atomic E-state index is -0.0680. The Hall–Kier alpha value is -1.43. The van der Waals surface area contributed by atoms with Crippen molar-refractivity contribution >= 4 is 11.6 Å². The van der Waals surface area contributed by atoms with Gasteiger partial charge in [-0.2, -0.15) is 0 Å². The second-order valence-corrected chi connectivity index (χ2v) is 3.81. The summed E-state index contributed by atoms with van der Waals surface area (Å²) in [4.78, 5) is 11.6. The van der Waals surface area contributed by atoms with Gasteiger partial charge in [0, 0.05) is 19.3 Å². The molecule has 0 aliphatic carbocycles. The summed E-state index contributed by atoms with van der Waals surface area (Å²) in [5.74, 6) is -0.0680. The Morgan fingerprint density at radius 3 is 2.89 bits per heavy atom. The van der Waals surface area contributed by atoms with Gasteiger partial charge in [-0.3, -0.25) is 4.79 Å². The molecule has 0 saturated carbocycles. The zero-order chi connectivity index (χ0) is 13.2. The summed E-state index contributed by atoms with van der Waals surface area (Å²) >= 11 is 0. The predicted molar refractivity (Wildman–Crippen MR) is 70.3 cm³/mol. The highest BCUT2D eigenvalue weighted by Gasteiger charge is 2.02.